The molecule has 0 aliphatic rings. The van der Waals surface area contributed by atoms with E-state index in [0.717, 1.165) is 23.1 Å². The average Bonchev–Trinajstić information content (AvgIpc) is 2.92. The fourth-order valence-corrected chi connectivity index (χ4v) is 4.24. The van der Waals surface area contributed by atoms with Crippen molar-refractivity contribution in [3.8, 4) is 22.5 Å². The first-order valence-corrected chi connectivity index (χ1v) is 11.6. The molecule has 0 radical (unpaired) electrons. The minimum absolute atomic E-state index is 0.127. The van der Waals surface area contributed by atoms with Crippen LogP contribution in [0.25, 0.3) is 33.4 Å². The first kappa shape index (κ1) is 24.9. The second-order valence-electron chi connectivity index (χ2n) is 8.83. The number of rotatable bonds is 4. The largest absolute Gasteiger partial charge is 0.416 e. The number of fused-ring (bicyclic) bond motifs is 1. The minimum Gasteiger partial charge on any atom is -0.322 e. The third-order valence-electron chi connectivity index (χ3n) is 6.27. The molecule has 1 N–H and O–H groups in total. The summed E-state index contributed by atoms with van der Waals surface area (Å²) in [7, 11) is 1.67. The zero-order valence-electron chi connectivity index (χ0n) is 20.4. The van der Waals surface area contributed by atoms with Gasteiger partial charge < -0.3 is 9.88 Å². The smallest absolute Gasteiger partial charge is 0.322 e. The van der Waals surface area contributed by atoms with Crippen LogP contribution in [0.5, 0.6) is 0 Å². The van der Waals surface area contributed by atoms with Crippen LogP contribution in [-0.2, 0) is 13.2 Å². The van der Waals surface area contributed by atoms with Crippen molar-refractivity contribution in [2.45, 2.75) is 13.1 Å². The van der Waals surface area contributed by atoms with E-state index in [-0.39, 0.29) is 11.1 Å². The number of amides is 1. The number of benzene rings is 2. The third kappa shape index (κ3) is 4.78. The molecular formula is C29H21F3N4O2. The van der Waals surface area contributed by atoms with Crippen molar-refractivity contribution >= 4 is 22.5 Å². The van der Waals surface area contributed by atoms with Crippen molar-refractivity contribution in [2.24, 2.45) is 7.05 Å². The van der Waals surface area contributed by atoms with E-state index in [4.69, 9.17) is 0 Å². The van der Waals surface area contributed by atoms with Gasteiger partial charge in [-0.1, -0.05) is 18.2 Å². The van der Waals surface area contributed by atoms with Crippen LogP contribution in [0.2, 0.25) is 0 Å². The standard InChI is InChI=1S/C29H21F3N4O2/c1-17-9-10-21(35-27(37)18-6-5-7-20(12-18)29(30,31)32)14-22(17)23-13-19-16-34-25(24-8-3-4-11-33-24)15-26(19)36(2)28(23)38/h3-16H,1-2H3,(H,35,37). The number of carbonyl (C=O) groups excluding carboxylic acids is 1. The van der Waals surface area contributed by atoms with Gasteiger partial charge >= 0.3 is 6.18 Å². The fourth-order valence-electron chi connectivity index (χ4n) is 4.24. The van der Waals surface area contributed by atoms with Crippen molar-refractivity contribution in [1.82, 2.24) is 14.5 Å². The van der Waals surface area contributed by atoms with E-state index in [1.165, 1.54) is 16.7 Å². The summed E-state index contributed by atoms with van der Waals surface area (Å²) in [5.74, 6) is -0.691. The molecule has 3 aromatic heterocycles. The molecule has 0 saturated carbocycles. The Balaban J connectivity index is 1.51. The van der Waals surface area contributed by atoms with E-state index in [9.17, 15) is 22.8 Å². The molecule has 0 atom stereocenters. The van der Waals surface area contributed by atoms with Crippen LogP contribution < -0.4 is 10.9 Å². The van der Waals surface area contributed by atoms with Gasteiger partial charge in [0.15, 0.2) is 0 Å². The van der Waals surface area contributed by atoms with Gasteiger partial charge in [-0.05, 0) is 72.6 Å². The van der Waals surface area contributed by atoms with E-state index in [0.29, 0.717) is 33.7 Å². The van der Waals surface area contributed by atoms with E-state index in [2.05, 4.69) is 15.3 Å². The summed E-state index contributed by atoms with van der Waals surface area (Å²) in [5, 5.41) is 3.37. The number of nitrogens with zero attached hydrogens (tertiary/aromatic N) is 3. The Labute approximate surface area is 215 Å². The molecule has 2 aromatic carbocycles. The molecule has 6 nitrogen and oxygen atoms in total. The number of anilines is 1. The summed E-state index contributed by atoms with van der Waals surface area (Å²) >= 11 is 0. The first-order valence-electron chi connectivity index (χ1n) is 11.6. The molecule has 0 unspecified atom stereocenters. The molecule has 0 bridgehead atoms. The molecule has 190 valence electrons. The van der Waals surface area contributed by atoms with Crippen LogP contribution in [0.4, 0.5) is 18.9 Å². The normalized spacial score (nSPS) is 11.5. The fraction of sp³-hybridized carbons (Fsp3) is 0.103. The molecular weight excluding hydrogens is 493 g/mol. The van der Waals surface area contributed by atoms with Crippen molar-refractivity contribution in [1.29, 1.82) is 0 Å². The molecule has 5 rings (SSSR count). The summed E-state index contributed by atoms with van der Waals surface area (Å²) in [6.45, 7) is 1.83. The molecule has 0 aliphatic heterocycles. The maximum absolute atomic E-state index is 13.4. The van der Waals surface area contributed by atoms with Gasteiger partial charge in [0, 0.05) is 41.6 Å². The number of aryl methyl sites for hydroxylation is 2. The Morgan fingerprint density at radius 3 is 2.45 bits per heavy atom. The zero-order chi connectivity index (χ0) is 27.0. The molecule has 0 spiro atoms. The highest BCUT2D eigenvalue weighted by atomic mass is 19.4. The number of aromatic nitrogens is 3. The molecule has 3 heterocycles. The van der Waals surface area contributed by atoms with Gasteiger partial charge in [-0.3, -0.25) is 19.6 Å². The van der Waals surface area contributed by atoms with E-state index >= 15 is 0 Å². The topological polar surface area (TPSA) is 76.9 Å². The van der Waals surface area contributed by atoms with Gasteiger partial charge in [0.25, 0.3) is 11.5 Å². The Morgan fingerprint density at radius 2 is 1.71 bits per heavy atom. The van der Waals surface area contributed by atoms with Crippen molar-refractivity contribution in [3.63, 3.8) is 0 Å². The quantitative estimate of drug-likeness (QED) is 0.308. The summed E-state index contributed by atoms with van der Waals surface area (Å²) in [5.41, 5.74) is 2.84. The summed E-state index contributed by atoms with van der Waals surface area (Å²) in [4.78, 5) is 34.9. The highest BCUT2D eigenvalue weighted by Gasteiger charge is 2.31. The zero-order valence-corrected chi connectivity index (χ0v) is 20.4. The average molecular weight is 515 g/mol. The van der Waals surface area contributed by atoms with Crippen LogP contribution in [-0.4, -0.2) is 20.4 Å². The summed E-state index contributed by atoms with van der Waals surface area (Å²) in [6, 6.07) is 18.3. The van der Waals surface area contributed by atoms with Gasteiger partial charge in [-0.15, -0.1) is 0 Å². The molecule has 5 aromatic rings. The Bertz CT molecular complexity index is 1750. The highest BCUT2D eigenvalue weighted by Crippen LogP contribution is 2.31. The monoisotopic (exact) mass is 514 g/mol. The lowest BCUT2D eigenvalue weighted by Gasteiger charge is -2.14. The van der Waals surface area contributed by atoms with Gasteiger partial charge in [-0.2, -0.15) is 13.2 Å². The van der Waals surface area contributed by atoms with Crippen LogP contribution in [0, 0.1) is 6.92 Å². The van der Waals surface area contributed by atoms with E-state index in [1.54, 1.807) is 49.8 Å². The minimum atomic E-state index is -4.56. The van der Waals surface area contributed by atoms with Gasteiger partial charge in [0.1, 0.15) is 0 Å². The van der Waals surface area contributed by atoms with E-state index in [1.807, 2.05) is 25.1 Å². The number of hydrogen-bond acceptors (Lipinski definition) is 4. The maximum atomic E-state index is 13.4. The van der Waals surface area contributed by atoms with E-state index < -0.39 is 17.6 Å². The predicted octanol–water partition coefficient (Wildman–Crippen LogP) is 6.24. The SMILES string of the molecule is Cc1ccc(NC(=O)c2cccc(C(F)(F)F)c2)cc1-c1cc2cnc(-c3ccccn3)cc2n(C)c1=O. The number of pyridine rings is 3. The molecule has 38 heavy (non-hydrogen) atoms. The van der Waals surface area contributed by atoms with Gasteiger partial charge in [0.05, 0.1) is 22.5 Å². The van der Waals surface area contributed by atoms with Gasteiger partial charge in [0.2, 0.25) is 0 Å². The lowest BCUT2D eigenvalue weighted by molar-refractivity contribution is -0.137. The van der Waals surface area contributed by atoms with Crippen LogP contribution in [0.15, 0.2) is 90.0 Å². The highest BCUT2D eigenvalue weighted by molar-refractivity contribution is 6.04. The maximum Gasteiger partial charge on any atom is 0.416 e. The van der Waals surface area contributed by atoms with Crippen LogP contribution >= 0.6 is 0 Å². The summed E-state index contributed by atoms with van der Waals surface area (Å²) in [6.07, 6.45) is -1.21. The van der Waals surface area contributed by atoms with Crippen LogP contribution in [0.3, 0.4) is 0 Å². The van der Waals surface area contributed by atoms with Crippen molar-refractivity contribution < 1.29 is 18.0 Å². The molecule has 0 fully saturated rings. The molecule has 1 amide bonds. The number of halogens is 3. The molecule has 9 heteroatoms. The Morgan fingerprint density at radius 1 is 0.895 bits per heavy atom. The first-order chi connectivity index (χ1) is 18.1. The van der Waals surface area contributed by atoms with Crippen molar-refractivity contribution in [2.75, 3.05) is 5.32 Å². The lowest BCUT2D eigenvalue weighted by Crippen LogP contribution is -2.19. The second kappa shape index (κ2) is 9.59. The summed E-state index contributed by atoms with van der Waals surface area (Å²) < 4.78 is 40.7. The lowest BCUT2D eigenvalue weighted by atomic mass is 9.99. The number of alkyl halides is 3. The van der Waals surface area contributed by atoms with Crippen LogP contribution in [0.1, 0.15) is 21.5 Å². The van der Waals surface area contributed by atoms with Crippen molar-refractivity contribution in [3.05, 3.63) is 112 Å². The number of hydrogen-bond donors (Lipinski definition) is 1. The third-order valence-corrected chi connectivity index (χ3v) is 6.27. The molecule has 0 saturated heterocycles. The Hall–Kier alpha value is -4.79. The predicted molar refractivity (Wildman–Crippen MR) is 140 cm³/mol. The number of nitrogens with one attached hydrogen (secondary N) is 1. The second-order valence-corrected chi connectivity index (χ2v) is 8.83. The Kier molecular flexibility index (Phi) is 6.28. The number of carbonyl (C=O) groups is 1. The molecule has 0 aliphatic carbocycles. The van der Waals surface area contributed by atoms with Gasteiger partial charge in [-0.25, -0.2) is 0 Å².